The molecule has 0 aliphatic heterocycles. The third-order valence-corrected chi connectivity index (χ3v) is 2.38. The summed E-state index contributed by atoms with van der Waals surface area (Å²) in [7, 11) is 1.93. The van der Waals surface area contributed by atoms with Crippen molar-refractivity contribution in [1.29, 1.82) is 0 Å². The summed E-state index contributed by atoms with van der Waals surface area (Å²) in [5.41, 5.74) is 1.13. The molecule has 2 rings (SSSR count). The molecule has 2 aromatic rings. The van der Waals surface area contributed by atoms with Crippen molar-refractivity contribution in [3.8, 4) is 0 Å². The molecule has 1 heterocycles. The highest BCUT2D eigenvalue weighted by Crippen LogP contribution is 2.19. The maximum atomic E-state index is 5.44. The zero-order chi connectivity index (χ0) is 8.55. The van der Waals surface area contributed by atoms with Crippen LogP contribution in [0.3, 0.4) is 0 Å². The molecule has 0 atom stereocenters. The summed E-state index contributed by atoms with van der Waals surface area (Å²) in [6.07, 6.45) is 1.84. The Bertz CT molecular complexity index is 408. The Balaban J connectivity index is 2.69. The second kappa shape index (κ2) is 2.80. The molecule has 4 heteroatoms. The highest BCUT2D eigenvalue weighted by molar-refractivity contribution is 7.97. The first-order valence-corrected chi connectivity index (χ1v) is 4.48. The van der Waals surface area contributed by atoms with E-state index in [2.05, 4.69) is 5.10 Å². The van der Waals surface area contributed by atoms with Crippen LogP contribution in [-0.4, -0.2) is 9.78 Å². The van der Waals surface area contributed by atoms with E-state index in [9.17, 15) is 0 Å². The van der Waals surface area contributed by atoms with Crippen LogP contribution in [0.25, 0.3) is 10.9 Å². The van der Waals surface area contributed by atoms with Gasteiger partial charge in [0.25, 0.3) is 0 Å². The Morgan fingerprint density at radius 3 is 3.08 bits per heavy atom. The van der Waals surface area contributed by atoms with Gasteiger partial charge in [0, 0.05) is 17.3 Å². The number of nitrogens with zero attached hydrogens (tertiary/aromatic N) is 2. The first-order valence-electron chi connectivity index (χ1n) is 3.60. The second-order valence-corrected chi connectivity index (χ2v) is 3.31. The van der Waals surface area contributed by atoms with E-state index in [4.69, 9.17) is 5.14 Å². The fourth-order valence-corrected chi connectivity index (χ4v) is 1.56. The lowest BCUT2D eigenvalue weighted by Gasteiger charge is -1.96. The molecule has 0 fully saturated rings. The van der Waals surface area contributed by atoms with Crippen LogP contribution in [0.15, 0.2) is 29.3 Å². The van der Waals surface area contributed by atoms with Crippen LogP contribution in [0.4, 0.5) is 0 Å². The highest BCUT2D eigenvalue weighted by atomic mass is 32.2. The molecule has 0 radical (unpaired) electrons. The van der Waals surface area contributed by atoms with Crippen LogP contribution in [0.2, 0.25) is 0 Å². The summed E-state index contributed by atoms with van der Waals surface area (Å²) < 4.78 is 1.85. The summed E-state index contributed by atoms with van der Waals surface area (Å²) in [6, 6.07) is 6.05. The van der Waals surface area contributed by atoms with Crippen molar-refractivity contribution in [2.24, 2.45) is 12.2 Å². The summed E-state index contributed by atoms with van der Waals surface area (Å²) in [6.45, 7) is 0. The van der Waals surface area contributed by atoms with Crippen LogP contribution in [0.5, 0.6) is 0 Å². The molecular formula is C8H9N3S. The maximum Gasteiger partial charge on any atom is 0.0679 e. The zero-order valence-corrected chi connectivity index (χ0v) is 7.51. The molecule has 2 N–H and O–H groups in total. The lowest BCUT2D eigenvalue weighted by Crippen LogP contribution is -1.88. The molecule has 1 aromatic heterocycles. The van der Waals surface area contributed by atoms with E-state index < -0.39 is 0 Å². The maximum absolute atomic E-state index is 5.44. The summed E-state index contributed by atoms with van der Waals surface area (Å²) in [5, 5.41) is 10.7. The number of rotatable bonds is 1. The summed E-state index contributed by atoms with van der Waals surface area (Å²) in [5.74, 6) is 0. The predicted molar refractivity (Wildman–Crippen MR) is 50.8 cm³/mol. The highest BCUT2D eigenvalue weighted by Gasteiger charge is 1.99. The van der Waals surface area contributed by atoms with Crippen molar-refractivity contribution < 1.29 is 0 Å². The normalized spacial score (nSPS) is 10.8. The number of hydrogen-bond donors (Lipinski definition) is 1. The van der Waals surface area contributed by atoms with Crippen LogP contribution >= 0.6 is 11.9 Å². The Morgan fingerprint density at radius 2 is 2.33 bits per heavy atom. The fourth-order valence-electron chi connectivity index (χ4n) is 1.22. The summed E-state index contributed by atoms with van der Waals surface area (Å²) in [4.78, 5) is 1.07. The molecular weight excluding hydrogens is 170 g/mol. The smallest absolute Gasteiger partial charge is 0.0679 e. The summed E-state index contributed by atoms with van der Waals surface area (Å²) >= 11 is 1.26. The minimum atomic E-state index is 1.07. The molecule has 0 aliphatic rings. The Hall–Kier alpha value is -1.00. The number of hydrogen-bond acceptors (Lipinski definition) is 3. The van der Waals surface area contributed by atoms with E-state index in [1.165, 1.54) is 11.9 Å². The molecule has 62 valence electrons. The zero-order valence-electron chi connectivity index (χ0n) is 6.69. The number of aromatic nitrogens is 2. The minimum Gasteiger partial charge on any atom is -0.274 e. The molecule has 0 bridgehead atoms. The molecule has 3 nitrogen and oxygen atoms in total. The van der Waals surface area contributed by atoms with Gasteiger partial charge < -0.3 is 0 Å². The predicted octanol–water partition coefficient (Wildman–Crippen LogP) is 1.54. The monoisotopic (exact) mass is 179 g/mol. The van der Waals surface area contributed by atoms with E-state index in [1.54, 1.807) is 0 Å². The quantitative estimate of drug-likeness (QED) is 0.675. The fraction of sp³-hybridized carbons (Fsp3) is 0.125. The van der Waals surface area contributed by atoms with E-state index in [0.717, 1.165) is 15.8 Å². The minimum absolute atomic E-state index is 1.07. The number of nitrogens with two attached hydrogens (primary N) is 1. The lowest BCUT2D eigenvalue weighted by molar-refractivity contribution is 0.797. The van der Waals surface area contributed by atoms with E-state index in [-0.39, 0.29) is 0 Å². The third-order valence-electron chi connectivity index (χ3n) is 1.85. The van der Waals surface area contributed by atoms with E-state index in [0.29, 0.717) is 0 Å². The first-order chi connectivity index (χ1) is 5.81. The van der Waals surface area contributed by atoms with Crippen molar-refractivity contribution in [3.05, 3.63) is 24.4 Å². The topological polar surface area (TPSA) is 43.8 Å². The number of benzene rings is 1. The van der Waals surface area contributed by atoms with Crippen molar-refractivity contribution in [2.75, 3.05) is 0 Å². The molecule has 0 unspecified atom stereocenters. The van der Waals surface area contributed by atoms with Crippen molar-refractivity contribution >= 4 is 22.9 Å². The average Bonchev–Trinajstić information content (AvgIpc) is 2.47. The molecule has 0 saturated carbocycles. The Morgan fingerprint density at radius 1 is 1.50 bits per heavy atom. The second-order valence-electron chi connectivity index (χ2n) is 2.61. The van der Waals surface area contributed by atoms with Crippen molar-refractivity contribution in [1.82, 2.24) is 9.78 Å². The van der Waals surface area contributed by atoms with Crippen LogP contribution in [0.1, 0.15) is 0 Å². The van der Waals surface area contributed by atoms with E-state index >= 15 is 0 Å². The van der Waals surface area contributed by atoms with Gasteiger partial charge in [-0.25, -0.2) is 0 Å². The van der Waals surface area contributed by atoms with Gasteiger partial charge >= 0.3 is 0 Å². The first kappa shape index (κ1) is 7.64. The molecule has 0 amide bonds. The largest absolute Gasteiger partial charge is 0.274 e. The van der Waals surface area contributed by atoms with Crippen LogP contribution in [-0.2, 0) is 7.05 Å². The van der Waals surface area contributed by atoms with Crippen molar-refractivity contribution in [2.45, 2.75) is 4.90 Å². The van der Waals surface area contributed by atoms with Gasteiger partial charge in [-0.3, -0.25) is 9.82 Å². The van der Waals surface area contributed by atoms with Gasteiger partial charge in [-0.15, -0.1) is 0 Å². The molecule has 1 aromatic carbocycles. The SMILES string of the molecule is Cn1ncc2cc(SN)ccc21. The third kappa shape index (κ3) is 1.09. The van der Waals surface area contributed by atoms with Crippen LogP contribution in [0, 0.1) is 0 Å². The molecule has 0 spiro atoms. The van der Waals surface area contributed by atoms with Gasteiger partial charge in [-0.05, 0) is 30.1 Å². The van der Waals surface area contributed by atoms with E-state index in [1.807, 2.05) is 36.1 Å². The van der Waals surface area contributed by atoms with Crippen LogP contribution < -0.4 is 5.14 Å². The molecule has 0 saturated heterocycles. The van der Waals surface area contributed by atoms with Gasteiger partial charge in [0.1, 0.15) is 0 Å². The molecule has 12 heavy (non-hydrogen) atoms. The molecule has 0 aliphatic carbocycles. The Labute approximate surface area is 74.7 Å². The van der Waals surface area contributed by atoms with Gasteiger partial charge in [-0.2, -0.15) is 5.10 Å². The van der Waals surface area contributed by atoms with Crippen molar-refractivity contribution in [3.63, 3.8) is 0 Å². The Kier molecular flexibility index (Phi) is 1.78. The number of aryl methyl sites for hydroxylation is 1. The standard InChI is InChI=1S/C8H9N3S/c1-11-8-3-2-7(12-9)4-6(8)5-10-11/h2-5H,9H2,1H3. The van der Waals surface area contributed by atoms with Gasteiger partial charge in [0.15, 0.2) is 0 Å². The average molecular weight is 179 g/mol. The van der Waals surface area contributed by atoms with Gasteiger partial charge in [0.2, 0.25) is 0 Å². The lowest BCUT2D eigenvalue weighted by atomic mass is 10.3. The van der Waals surface area contributed by atoms with Gasteiger partial charge in [-0.1, -0.05) is 0 Å². The number of fused-ring (bicyclic) bond motifs is 1. The van der Waals surface area contributed by atoms with Gasteiger partial charge in [0.05, 0.1) is 11.7 Å².